The molecule has 0 spiro atoms. The first kappa shape index (κ1) is 9.82. The van der Waals surface area contributed by atoms with Crippen LogP contribution < -0.4 is 5.73 Å². The van der Waals surface area contributed by atoms with Crippen LogP contribution in [-0.4, -0.2) is 11.2 Å². The van der Waals surface area contributed by atoms with E-state index in [4.69, 9.17) is 5.73 Å². The third kappa shape index (κ3) is 1.42. The minimum Gasteiger partial charge on any atom is -0.391 e. The van der Waals surface area contributed by atoms with Crippen molar-refractivity contribution >= 4 is 10.8 Å². The van der Waals surface area contributed by atoms with E-state index in [-0.39, 0.29) is 6.04 Å². The van der Waals surface area contributed by atoms with Gasteiger partial charge in [-0.15, -0.1) is 0 Å². The van der Waals surface area contributed by atoms with Crippen LogP contribution in [0.15, 0.2) is 36.4 Å². The Morgan fingerprint density at radius 1 is 1.12 bits per heavy atom. The largest absolute Gasteiger partial charge is 0.391 e. The van der Waals surface area contributed by atoms with Crippen molar-refractivity contribution < 1.29 is 5.11 Å². The van der Waals surface area contributed by atoms with Crippen LogP contribution in [0.1, 0.15) is 23.6 Å². The molecule has 82 valence electrons. The second-order valence-electron chi connectivity index (χ2n) is 4.53. The van der Waals surface area contributed by atoms with Gasteiger partial charge in [0.15, 0.2) is 0 Å². The summed E-state index contributed by atoms with van der Waals surface area (Å²) in [5.41, 5.74) is 8.43. The summed E-state index contributed by atoms with van der Waals surface area (Å²) in [6.45, 7) is 0. The Morgan fingerprint density at radius 3 is 2.56 bits per heavy atom. The van der Waals surface area contributed by atoms with E-state index in [1.165, 1.54) is 16.3 Å². The highest BCUT2D eigenvalue weighted by molar-refractivity contribution is 5.84. The number of aliphatic hydroxyl groups is 1. The van der Waals surface area contributed by atoms with Crippen molar-refractivity contribution in [3.63, 3.8) is 0 Å². The van der Waals surface area contributed by atoms with E-state index >= 15 is 0 Å². The molecule has 16 heavy (non-hydrogen) atoms. The average Bonchev–Trinajstić information content (AvgIpc) is 2.32. The number of fused-ring (bicyclic) bond motifs is 2. The summed E-state index contributed by atoms with van der Waals surface area (Å²) in [6.07, 6.45) is 1.30. The number of benzene rings is 2. The summed E-state index contributed by atoms with van der Waals surface area (Å²) >= 11 is 0. The zero-order chi connectivity index (χ0) is 11.1. The SMILES string of the molecule is N[C@@H]1c2cc3ccccc3cc2CC[C@@H]1O. The lowest BCUT2D eigenvalue weighted by atomic mass is 9.84. The van der Waals surface area contributed by atoms with Gasteiger partial charge in [-0.2, -0.15) is 0 Å². The third-order valence-corrected chi connectivity index (χ3v) is 3.49. The number of rotatable bonds is 0. The predicted molar refractivity (Wildman–Crippen MR) is 65.2 cm³/mol. The van der Waals surface area contributed by atoms with Gasteiger partial charge in [0.1, 0.15) is 0 Å². The topological polar surface area (TPSA) is 46.2 Å². The van der Waals surface area contributed by atoms with Crippen LogP contribution in [0.3, 0.4) is 0 Å². The summed E-state index contributed by atoms with van der Waals surface area (Å²) in [7, 11) is 0. The normalized spacial score (nSPS) is 24.4. The molecular formula is C14H15NO. The number of hydrogen-bond acceptors (Lipinski definition) is 2. The highest BCUT2D eigenvalue weighted by Gasteiger charge is 2.24. The lowest BCUT2D eigenvalue weighted by molar-refractivity contribution is 0.128. The van der Waals surface area contributed by atoms with E-state index in [1.807, 2.05) is 12.1 Å². The van der Waals surface area contributed by atoms with Crippen LogP contribution in [0.2, 0.25) is 0 Å². The number of aryl methyl sites for hydroxylation is 1. The van der Waals surface area contributed by atoms with Gasteiger partial charge in [0.25, 0.3) is 0 Å². The van der Waals surface area contributed by atoms with E-state index in [2.05, 4.69) is 24.3 Å². The summed E-state index contributed by atoms with van der Waals surface area (Å²) in [6, 6.07) is 12.4. The Kier molecular flexibility index (Phi) is 2.20. The van der Waals surface area contributed by atoms with E-state index < -0.39 is 6.10 Å². The van der Waals surface area contributed by atoms with Crippen molar-refractivity contribution in [1.82, 2.24) is 0 Å². The van der Waals surface area contributed by atoms with E-state index in [0.29, 0.717) is 0 Å². The molecule has 2 atom stereocenters. The van der Waals surface area contributed by atoms with Crippen molar-refractivity contribution in [1.29, 1.82) is 0 Å². The Balaban J connectivity index is 2.23. The molecular weight excluding hydrogens is 198 g/mol. The minimum atomic E-state index is -0.395. The molecule has 0 unspecified atom stereocenters. The van der Waals surface area contributed by atoms with Gasteiger partial charge in [0.2, 0.25) is 0 Å². The number of hydrogen-bond donors (Lipinski definition) is 2. The van der Waals surface area contributed by atoms with Gasteiger partial charge in [0, 0.05) is 0 Å². The van der Waals surface area contributed by atoms with Gasteiger partial charge in [-0.1, -0.05) is 30.3 Å². The fourth-order valence-electron chi connectivity index (χ4n) is 2.52. The monoisotopic (exact) mass is 213 g/mol. The van der Waals surface area contributed by atoms with Crippen LogP contribution in [0.25, 0.3) is 10.8 Å². The molecule has 3 rings (SSSR count). The van der Waals surface area contributed by atoms with E-state index in [1.54, 1.807) is 0 Å². The summed E-state index contributed by atoms with van der Waals surface area (Å²) in [5.74, 6) is 0. The summed E-state index contributed by atoms with van der Waals surface area (Å²) in [5, 5.41) is 12.2. The van der Waals surface area contributed by atoms with Crippen LogP contribution in [0, 0.1) is 0 Å². The van der Waals surface area contributed by atoms with Crippen molar-refractivity contribution in [3.8, 4) is 0 Å². The molecule has 0 aliphatic heterocycles. The lowest BCUT2D eigenvalue weighted by Gasteiger charge is -2.27. The first-order chi connectivity index (χ1) is 7.75. The molecule has 0 saturated heterocycles. The van der Waals surface area contributed by atoms with Crippen LogP contribution in [-0.2, 0) is 6.42 Å². The Morgan fingerprint density at radius 2 is 1.81 bits per heavy atom. The molecule has 1 aliphatic rings. The quantitative estimate of drug-likeness (QED) is 0.704. The smallest absolute Gasteiger partial charge is 0.0736 e. The molecule has 0 heterocycles. The second kappa shape index (κ2) is 3.58. The first-order valence-electron chi connectivity index (χ1n) is 5.71. The summed E-state index contributed by atoms with van der Waals surface area (Å²) < 4.78 is 0. The van der Waals surface area contributed by atoms with Gasteiger partial charge in [-0.05, 0) is 40.8 Å². The zero-order valence-electron chi connectivity index (χ0n) is 9.06. The second-order valence-corrected chi connectivity index (χ2v) is 4.53. The molecule has 3 N–H and O–H groups in total. The maximum absolute atomic E-state index is 9.77. The molecule has 0 amide bonds. The molecule has 2 aromatic carbocycles. The molecule has 0 saturated carbocycles. The average molecular weight is 213 g/mol. The van der Waals surface area contributed by atoms with Crippen molar-refractivity contribution in [2.45, 2.75) is 25.0 Å². The minimum absolute atomic E-state index is 0.228. The number of aliphatic hydroxyl groups excluding tert-OH is 1. The van der Waals surface area contributed by atoms with Crippen molar-refractivity contribution in [3.05, 3.63) is 47.5 Å². The van der Waals surface area contributed by atoms with E-state index in [9.17, 15) is 5.11 Å². The first-order valence-corrected chi connectivity index (χ1v) is 5.71. The Labute approximate surface area is 94.7 Å². The fraction of sp³-hybridized carbons (Fsp3) is 0.286. The highest BCUT2D eigenvalue weighted by atomic mass is 16.3. The van der Waals surface area contributed by atoms with Crippen LogP contribution in [0.5, 0.6) is 0 Å². The molecule has 0 radical (unpaired) electrons. The van der Waals surface area contributed by atoms with Gasteiger partial charge >= 0.3 is 0 Å². The molecule has 1 aliphatic carbocycles. The maximum atomic E-state index is 9.77. The van der Waals surface area contributed by atoms with Crippen molar-refractivity contribution in [2.24, 2.45) is 5.73 Å². The van der Waals surface area contributed by atoms with Gasteiger partial charge in [-0.3, -0.25) is 0 Å². The van der Waals surface area contributed by atoms with E-state index in [0.717, 1.165) is 18.4 Å². The maximum Gasteiger partial charge on any atom is 0.0736 e. The summed E-state index contributed by atoms with van der Waals surface area (Å²) in [4.78, 5) is 0. The lowest BCUT2D eigenvalue weighted by Crippen LogP contribution is -2.31. The van der Waals surface area contributed by atoms with Gasteiger partial charge < -0.3 is 10.8 Å². The number of nitrogens with two attached hydrogens (primary N) is 1. The molecule has 0 aromatic heterocycles. The predicted octanol–water partition coefficient (Wildman–Crippen LogP) is 2.15. The molecule has 0 bridgehead atoms. The molecule has 0 fully saturated rings. The third-order valence-electron chi connectivity index (χ3n) is 3.49. The van der Waals surface area contributed by atoms with Crippen LogP contribution in [0.4, 0.5) is 0 Å². The van der Waals surface area contributed by atoms with Crippen LogP contribution >= 0.6 is 0 Å². The van der Waals surface area contributed by atoms with Gasteiger partial charge in [0.05, 0.1) is 12.1 Å². The highest BCUT2D eigenvalue weighted by Crippen LogP contribution is 2.31. The van der Waals surface area contributed by atoms with Gasteiger partial charge in [-0.25, -0.2) is 0 Å². The molecule has 2 aromatic rings. The van der Waals surface area contributed by atoms with Crippen molar-refractivity contribution in [2.75, 3.05) is 0 Å². The molecule has 2 nitrogen and oxygen atoms in total. The fourth-order valence-corrected chi connectivity index (χ4v) is 2.52. The molecule has 2 heteroatoms. The Hall–Kier alpha value is -1.38. The zero-order valence-corrected chi connectivity index (χ0v) is 9.06. The standard InChI is InChI=1S/C14H15NO/c15-14-12-8-10-4-2-1-3-9(10)7-11(12)5-6-13(14)16/h1-4,7-8,13-14,16H,5-6,15H2/t13-,14+/m0/s1. The Bertz CT molecular complexity index is 535.